The highest BCUT2D eigenvalue weighted by Gasteiger charge is 2.42. The Bertz CT molecular complexity index is 689. The minimum atomic E-state index is -3.92. The molecule has 1 aromatic rings. The van der Waals surface area contributed by atoms with Crippen LogP contribution in [0.2, 0.25) is 0 Å². The average Bonchev–Trinajstić information content (AvgIpc) is 2.58. The van der Waals surface area contributed by atoms with Crippen LogP contribution in [0.15, 0.2) is 12.3 Å². The Morgan fingerprint density at radius 3 is 2.76 bits per heavy atom. The maximum Gasteiger partial charge on any atom is 0.264 e. The van der Waals surface area contributed by atoms with E-state index in [1.165, 1.54) is 0 Å². The molecule has 1 atom stereocenters. The molecule has 2 rings (SSSR count). The number of hydrogen-bond donors (Lipinski definition) is 1. The minimum Gasteiger partial charge on any atom is -0.353 e. The zero-order chi connectivity index (χ0) is 15.8. The van der Waals surface area contributed by atoms with Gasteiger partial charge in [0.15, 0.2) is 0 Å². The molecule has 0 radical (unpaired) electrons. The molecule has 0 bridgehead atoms. The third kappa shape index (κ3) is 3.04. The predicted octanol–water partition coefficient (Wildman–Crippen LogP) is 1.83. The van der Waals surface area contributed by atoms with Gasteiger partial charge in [0, 0.05) is 35.3 Å². The molecule has 0 amide bonds. The van der Waals surface area contributed by atoms with E-state index in [1.807, 2.05) is 6.07 Å². The summed E-state index contributed by atoms with van der Waals surface area (Å²) in [6.45, 7) is 6.87. The van der Waals surface area contributed by atoms with E-state index >= 15 is 0 Å². The summed E-state index contributed by atoms with van der Waals surface area (Å²) < 4.78 is 30.5. The lowest BCUT2D eigenvalue weighted by Gasteiger charge is -2.30. The summed E-state index contributed by atoms with van der Waals surface area (Å²) in [6, 6.07) is 2.15. The molecular weight excluding hydrogens is 288 g/mol. The van der Waals surface area contributed by atoms with Crippen molar-refractivity contribution in [2.24, 2.45) is 0 Å². The van der Waals surface area contributed by atoms with Crippen LogP contribution < -0.4 is 4.90 Å². The molecule has 1 aliphatic heterocycles. The van der Waals surface area contributed by atoms with Crippen molar-refractivity contribution in [1.82, 2.24) is 4.98 Å². The molecule has 1 N–H and O–H groups in total. The normalized spacial score (nSPS) is 20.1. The lowest BCUT2D eigenvalue weighted by molar-refractivity contribution is 0.438. The number of anilines is 1. The second-order valence-corrected chi connectivity index (χ2v) is 7.54. The molecule has 1 aromatic heterocycles. The van der Waals surface area contributed by atoms with E-state index < -0.39 is 10.1 Å². The second kappa shape index (κ2) is 5.32. The summed E-state index contributed by atoms with van der Waals surface area (Å²) >= 11 is 0. The number of hydrogen-bond acceptors (Lipinski definition) is 4. The largest absolute Gasteiger partial charge is 0.353 e. The van der Waals surface area contributed by atoms with Gasteiger partial charge in [-0.3, -0.25) is 4.55 Å². The Morgan fingerprint density at radius 2 is 2.19 bits per heavy atom. The number of nitrogens with zero attached hydrogens (tertiary/aromatic N) is 2. The number of terminal acetylenes is 1. The van der Waals surface area contributed by atoms with Crippen LogP contribution >= 0.6 is 0 Å². The summed E-state index contributed by atoms with van der Waals surface area (Å²) in [5, 5.41) is 0. The lowest BCUT2D eigenvalue weighted by atomic mass is 9.81. The van der Waals surface area contributed by atoms with Crippen molar-refractivity contribution in [3.63, 3.8) is 0 Å². The van der Waals surface area contributed by atoms with E-state index in [0.29, 0.717) is 13.0 Å². The highest BCUT2D eigenvalue weighted by molar-refractivity contribution is 7.85. The van der Waals surface area contributed by atoms with Crippen molar-refractivity contribution in [3.8, 4) is 12.3 Å². The first kappa shape index (κ1) is 15.8. The van der Waals surface area contributed by atoms with Gasteiger partial charge in [0.1, 0.15) is 5.82 Å². The molecule has 0 spiro atoms. The maximum atomic E-state index is 10.8. The fourth-order valence-corrected chi connectivity index (χ4v) is 3.25. The first-order valence-electron chi connectivity index (χ1n) is 6.86. The zero-order valence-electron chi connectivity index (χ0n) is 12.5. The van der Waals surface area contributed by atoms with Gasteiger partial charge in [0.25, 0.3) is 10.1 Å². The van der Waals surface area contributed by atoms with Crippen LogP contribution in [0, 0.1) is 12.3 Å². The molecule has 0 aromatic carbocycles. The van der Waals surface area contributed by atoms with E-state index in [1.54, 1.807) is 6.20 Å². The average molecular weight is 308 g/mol. The highest BCUT2D eigenvalue weighted by atomic mass is 32.2. The van der Waals surface area contributed by atoms with Gasteiger partial charge in [-0.05, 0) is 19.4 Å². The van der Waals surface area contributed by atoms with Gasteiger partial charge < -0.3 is 4.90 Å². The fraction of sp³-hybridized carbons (Fsp3) is 0.533. The smallest absolute Gasteiger partial charge is 0.264 e. The molecular formula is C15H20N2O3S. The quantitative estimate of drug-likeness (QED) is 0.679. The van der Waals surface area contributed by atoms with Gasteiger partial charge in [-0.15, -0.1) is 6.42 Å². The standard InChI is InChI=1S/C15H20N2O3S/c1-5-12-9-13-14(16-10-12)17(11(2)15(13,3)4)7-6-8-21(18,19)20/h1,9-11H,6-8H2,2-4H3,(H,18,19,20). The van der Waals surface area contributed by atoms with Crippen LogP contribution in [-0.2, 0) is 15.5 Å². The van der Waals surface area contributed by atoms with Crippen LogP contribution in [0.5, 0.6) is 0 Å². The molecule has 0 aliphatic carbocycles. The van der Waals surface area contributed by atoms with Gasteiger partial charge in [-0.25, -0.2) is 4.98 Å². The molecule has 1 unspecified atom stereocenters. The first-order valence-corrected chi connectivity index (χ1v) is 8.46. The van der Waals surface area contributed by atoms with Gasteiger partial charge in [-0.2, -0.15) is 8.42 Å². The Kier molecular flexibility index (Phi) is 4.00. The third-order valence-electron chi connectivity index (χ3n) is 4.31. The Hall–Kier alpha value is -1.58. The van der Waals surface area contributed by atoms with E-state index in [2.05, 4.69) is 36.6 Å². The van der Waals surface area contributed by atoms with Gasteiger partial charge in [-0.1, -0.05) is 19.8 Å². The number of aromatic nitrogens is 1. The SMILES string of the molecule is C#Cc1cnc2c(c1)C(C)(C)C(C)N2CCCS(=O)(=O)O. The van der Waals surface area contributed by atoms with Crippen molar-refractivity contribution in [1.29, 1.82) is 0 Å². The number of pyridine rings is 1. The predicted molar refractivity (Wildman–Crippen MR) is 83.0 cm³/mol. The van der Waals surface area contributed by atoms with Crippen molar-refractivity contribution in [2.75, 3.05) is 17.2 Å². The topological polar surface area (TPSA) is 70.5 Å². The number of fused-ring (bicyclic) bond motifs is 1. The van der Waals surface area contributed by atoms with Crippen LogP contribution in [0.25, 0.3) is 0 Å². The molecule has 0 saturated heterocycles. The first-order chi connectivity index (χ1) is 9.66. The molecule has 5 nitrogen and oxygen atoms in total. The monoisotopic (exact) mass is 308 g/mol. The summed E-state index contributed by atoms with van der Waals surface area (Å²) in [5.74, 6) is 3.20. The maximum absolute atomic E-state index is 10.8. The molecule has 6 heteroatoms. The zero-order valence-corrected chi connectivity index (χ0v) is 13.3. The van der Waals surface area contributed by atoms with Crippen molar-refractivity contribution < 1.29 is 13.0 Å². The van der Waals surface area contributed by atoms with E-state index in [4.69, 9.17) is 11.0 Å². The van der Waals surface area contributed by atoms with Crippen molar-refractivity contribution >= 4 is 15.9 Å². The van der Waals surface area contributed by atoms with E-state index in [0.717, 1.165) is 16.9 Å². The van der Waals surface area contributed by atoms with E-state index in [9.17, 15) is 8.42 Å². The Morgan fingerprint density at radius 1 is 1.52 bits per heavy atom. The molecule has 21 heavy (non-hydrogen) atoms. The van der Waals surface area contributed by atoms with Gasteiger partial charge in [0.05, 0.1) is 5.75 Å². The summed E-state index contributed by atoms with van der Waals surface area (Å²) in [4.78, 5) is 6.53. The molecule has 0 saturated carbocycles. The molecule has 114 valence electrons. The summed E-state index contributed by atoms with van der Waals surface area (Å²) in [5.41, 5.74) is 1.71. The lowest BCUT2D eigenvalue weighted by Crippen LogP contribution is -2.40. The number of rotatable bonds is 4. The van der Waals surface area contributed by atoms with Gasteiger partial charge in [0.2, 0.25) is 0 Å². The second-order valence-electron chi connectivity index (χ2n) is 5.97. The Labute approximate surface area is 126 Å². The van der Waals surface area contributed by atoms with Crippen molar-refractivity contribution in [3.05, 3.63) is 23.4 Å². The van der Waals surface area contributed by atoms with Crippen LogP contribution in [0.3, 0.4) is 0 Å². The van der Waals surface area contributed by atoms with E-state index in [-0.39, 0.29) is 17.2 Å². The summed E-state index contributed by atoms with van der Waals surface area (Å²) in [7, 11) is -3.92. The van der Waals surface area contributed by atoms with Crippen molar-refractivity contribution in [2.45, 2.75) is 38.6 Å². The highest BCUT2D eigenvalue weighted by Crippen LogP contribution is 2.43. The fourth-order valence-electron chi connectivity index (χ4n) is 2.75. The van der Waals surface area contributed by atoms with Crippen LogP contribution in [0.1, 0.15) is 38.3 Å². The van der Waals surface area contributed by atoms with Crippen LogP contribution in [-0.4, -0.2) is 36.3 Å². The molecule has 0 fully saturated rings. The molecule has 1 aliphatic rings. The van der Waals surface area contributed by atoms with Crippen LogP contribution in [0.4, 0.5) is 5.82 Å². The van der Waals surface area contributed by atoms with Gasteiger partial charge >= 0.3 is 0 Å². The minimum absolute atomic E-state index is 0.118. The summed E-state index contributed by atoms with van der Waals surface area (Å²) in [6.07, 6.45) is 7.45. The Balaban J connectivity index is 2.28. The third-order valence-corrected chi connectivity index (χ3v) is 5.12. The molecule has 2 heterocycles.